The molecule has 4 heteroatoms. The molecule has 0 heterocycles. The van der Waals surface area contributed by atoms with E-state index < -0.39 is 6.10 Å². The molecule has 0 aliphatic heterocycles. The molecule has 2 N–H and O–H groups in total. The van der Waals surface area contributed by atoms with Crippen LogP contribution in [0, 0.1) is 13.8 Å². The third-order valence-corrected chi connectivity index (χ3v) is 3.42. The van der Waals surface area contributed by atoms with Crippen LogP contribution in [-0.2, 0) is 0 Å². The summed E-state index contributed by atoms with van der Waals surface area (Å²) in [6, 6.07) is 6.09. The van der Waals surface area contributed by atoms with Crippen LogP contribution >= 0.6 is 11.8 Å². The van der Waals surface area contributed by atoms with E-state index in [1.807, 2.05) is 37.7 Å². The number of thioether (sulfide) groups is 1. The summed E-state index contributed by atoms with van der Waals surface area (Å²) in [5, 5.41) is 13.0. The molecule has 1 rings (SSSR count). The standard InChI is InChI=1S/C15H25NO2S/c1-12-7-13(2)9-15(8-12)18-11-14(17)10-16-5-4-6-19-3/h7-9,14,16-17H,4-6,10-11H2,1-3H3. The van der Waals surface area contributed by atoms with E-state index in [4.69, 9.17) is 4.74 Å². The highest BCUT2D eigenvalue weighted by molar-refractivity contribution is 7.98. The molecular formula is C15H25NO2S. The van der Waals surface area contributed by atoms with Gasteiger partial charge in [-0.25, -0.2) is 0 Å². The van der Waals surface area contributed by atoms with Crippen LogP contribution in [0.4, 0.5) is 0 Å². The lowest BCUT2D eigenvalue weighted by atomic mass is 10.1. The maximum Gasteiger partial charge on any atom is 0.119 e. The number of benzene rings is 1. The van der Waals surface area contributed by atoms with Gasteiger partial charge in [-0.2, -0.15) is 11.8 Å². The summed E-state index contributed by atoms with van der Waals surface area (Å²) in [7, 11) is 0. The fourth-order valence-electron chi connectivity index (χ4n) is 1.88. The second-order valence-corrected chi connectivity index (χ2v) is 5.82. The highest BCUT2D eigenvalue weighted by atomic mass is 32.2. The van der Waals surface area contributed by atoms with Crippen molar-refractivity contribution in [3.63, 3.8) is 0 Å². The quantitative estimate of drug-likeness (QED) is 0.683. The van der Waals surface area contributed by atoms with Crippen LogP contribution in [0.3, 0.4) is 0 Å². The van der Waals surface area contributed by atoms with E-state index in [2.05, 4.69) is 17.6 Å². The molecule has 1 unspecified atom stereocenters. The van der Waals surface area contributed by atoms with Gasteiger partial charge < -0.3 is 15.2 Å². The smallest absolute Gasteiger partial charge is 0.119 e. The minimum atomic E-state index is -0.463. The maximum atomic E-state index is 9.81. The van der Waals surface area contributed by atoms with Crippen molar-refractivity contribution in [2.24, 2.45) is 0 Å². The van der Waals surface area contributed by atoms with Gasteiger partial charge in [-0.1, -0.05) is 6.07 Å². The highest BCUT2D eigenvalue weighted by Crippen LogP contribution is 2.16. The average Bonchev–Trinajstić information content (AvgIpc) is 2.35. The Kier molecular flexibility index (Phi) is 7.94. The fourth-order valence-corrected chi connectivity index (χ4v) is 2.31. The van der Waals surface area contributed by atoms with Crippen LogP contribution in [0.5, 0.6) is 5.75 Å². The van der Waals surface area contributed by atoms with E-state index in [0.717, 1.165) is 24.5 Å². The first-order valence-electron chi connectivity index (χ1n) is 6.70. The molecule has 1 aromatic carbocycles. The Morgan fingerprint density at radius 2 is 1.95 bits per heavy atom. The van der Waals surface area contributed by atoms with Crippen molar-refractivity contribution >= 4 is 11.8 Å². The molecule has 3 nitrogen and oxygen atoms in total. The summed E-state index contributed by atoms with van der Waals surface area (Å²) >= 11 is 1.84. The van der Waals surface area contributed by atoms with Crippen LogP contribution in [0.15, 0.2) is 18.2 Å². The van der Waals surface area contributed by atoms with Gasteiger partial charge in [-0.05, 0) is 62.1 Å². The Morgan fingerprint density at radius 3 is 2.58 bits per heavy atom. The average molecular weight is 283 g/mol. The molecule has 1 aromatic rings. The third kappa shape index (κ3) is 7.45. The first-order valence-corrected chi connectivity index (χ1v) is 8.10. The van der Waals surface area contributed by atoms with Crippen LogP contribution in [0.25, 0.3) is 0 Å². The predicted octanol–water partition coefficient (Wildman–Crippen LogP) is 2.39. The zero-order valence-corrected chi connectivity index (χ0v) is 12.9. The Balaban J connectivity index is 2.20. The van der Waals surface area contributed by atoms with Gasteiger partial charge in [-0.15, -0.1) is 0 Å². The molecule has 0 amide bonds. The van der Waals surface area contributed by atoms with Crippen LogP contribution in [-0.4, -0.2) is 42.9 Å². The summed E-state index contributed by atoms with van der Waals surface area (Å²) in [6.45, 7) is 5.95. The molecule has 0 fully saturated rings. The molecule has 0 radical (unpaired) electrons. The van der Waals surface area contributed by atoms with Crippen molar-refractivity contribution in [1.29, 1.82) is 0 Å². The molecule has 0 aliphatic carbocycles. The molecule has 19 heavy (non-hydrogen) atoms. The Labute approximate surface area is 120 Å². The van der Waals surface area contributed by atoms with Crippen LogP contribution in [0.1, 0.15) is 17.5 Å². The van der Waals surface area contributed by atoms with E-state index in [1.165, 1.54) is 11.1 Å². The zero-order valence-electron chi connectivity index (χ0n) is 12.1. The summed E-state index contributed by atoms with van der Waals surface area (Å²) in [5.41, 5.74) is 2.36. The molecule has 108 valence electrons. The van der Waals surface area contributed by atoms with Crippen LogP contribution in [0.2, 0.25) is 0 Å². The molecule has 0 aromatic heterocycles. The molecule has 0 bridgehead atoms. The number of aliphatic hydroxyl groups is 1. The number of ether oxygens (including phenoxy) is 1. The number of hydrogen-bond acceptors (Lipinski definition) is 4. The normalized spacial score (nSPS) is 12.4. The second-order valence-electron chi connectivity index (χ2n) is 4.84. The van der Waals surface area contributed by atoms with Crippen LogP contribution < -0.4 is 10.1 Å². The molecule has 0 saturated heterocycles. The van der Waals surface area contributed by atoms with Gasteiger partial charge in [0.2, 0.25) is 0 Å². The molecular weight excluding hydrogens is 258 g/mol. The van der Waals surface area contributed by atoms with Crippen molar-refractivity contribution in [2.45, 2.75) is 26.4 Å². The van der Waals surface area contributed by atoms with Gasteiger partial charge in [0, 0.05) is 6.54 Å². The first kappa shape index (κ1) is 16.3. The first-order chi connectivity index (χ1) is 9.11. The molecule has 0 aliphatic rings. The number of rotatable bonds is 9. The van der Waals surface area contributed by atoms with Gasteiger partial charge >= 0.3 is 0 Å². The Bertz CT molecular complexity index is 351. The lowest BCUT2D eigenvalue weighted by molar-refractivity contribution is 0.106. The van der Waals surface area contributed by atoms with E-state index in [-0.39, 0.29) is 0 Å². The van der Waals surface area contributed by atoms with E-state index in [1.54, 1.807) is 0 Å². The monoisotopic (exact) mass is 283 g/mol. The van der Waals surface area contributed by atoms with Gasteiger partial charge in [0.05, 0.1) is 0 Å². The second kappa shape index (κ2) is 9.23. The van der Waals surface area contributed by atoms with Gasteiger partial charge in [0.25, 0.3) is 0 Å². The summed E-state index contributed by atoms with van der Waals surface area (Å²) in [6.07, 6.45) is 2.77. The topological polar surface area (TPSA) is 41.5 Å². The summed E-state index contributed by atoms with van der Waals surface area (Å²) in [4.78, 5) is 0. The lowest BCUT2D eigenvalue weighted by Crippen LogP contribution is -2.32. The lowest BCUT2D eigenvalue weighted by Gasteiger charge is -2.14. The molecule has 1 atom stereocenters. The van der Waals surface area contributed by atoms with Gasteiger partial charge in [0.15, 0.2) is 0 Å². The zero-order chi connectivity index (χ0) is 14.1. The minimum Gasteiger partial charge on any atom is -0.491 e. The van der Waals surface area contributed by atoms with Crippen molar-refractivity contribution in [3.8, 4) is 5.75 Å². The molecule has 0 saturated carbocycles. The number of hydrogen-bond donors (Lipinski definition) is 2. The summed E-state index contributed by atoms with van der Waals surface area (Å²) < 4.78 is 5.61. The number of aliphatic hydroxyl groups excluding tert-OH is 1. The van der Waals surface area contributed by atoms with Gasteiger partial charge in [0.1, 0.15) is 18.5 Å². The molecule has 0 spiro atoms. The van der Waals surface area contributed by atoms with Crippen molar-refractivity contribution in [2.75, 3.05) is 31.7 Å². The predicted molar refractivity (Wildman–Crippen MR) is 83.3 cm³/mol. The third-order valence-electron chi connectivity index (χ3n) is 2.72. The van der Waals surface area contributed by atoms with Crippen molar-refractivity contribution in [1.82, 2.24) is 5.32 Å². The number of nitrogens with one attached hydrogen (secondary N) is 1. The number of aryl methyl sites for hydroxylation is 2. The highest BCUT2D eigenvalue weighted by Gasteiger charge is 2.05. The largest absolute Gasteiger partial charge is 0.491 e. The summed E-state index contributed by atoms with van der Waals surface area (Å²) in [5.74, 6) is 1.99. The SMILES string of the molecule is CSCCCNCC(O)COc1cc(C)cc(C)c1. The van der Waals surface area contributed by atoms with Crippen molar-refractivity contribution < 1.29 is 9.84 Å². The van der Waals surface area contributed by atoms with Gasteiger partial charge in [-0.3, -0.25) is 0 Å². The Morgan fingerprint density at radius 1 is 1.26 bits per heavy atom. The van der Waals surface area contributed by atoms with E-state index in [0.29, 0.717) is 13.2 Å². The Hall–Kier alpha value is -0.710. The maximum absolute atomic E-state index is 9.81. The fraction of sp³-hybridized carbons (Fsp3) is 0.600. The minimum absolute atomic E-state index is 0.332. The van der Waals surface area contributed by atoms with E-state index >= 15 is 0 Å². The van der Waals surface area contributed by atoms with E-state index in [9.17, 15) is 5.11 Å². The van der Waals surface area contributed by atoms with Crippen molar-refractivity contribution in [3.05, 3.63) is 29.3 Å².